The molecule has 0 amide bonds. The largest absolute Gasteiger partial charge is 0.497 e. The highest BCUT2D eigenvalue weighted by molar-refractivity contribution is 5.80. The Balaban J connectivity index is 1.62. The average Bonchev–Trinajstić information content (AvgIpc) is 3.07. The van der Waals surface area contributed by atoms with Crippen molar-refractivity contribution in [2.24, 2.45) is 0 Å². The van der Waals surface area contributed by atoms with Crippen molar-refractivity contribution in [2.45, 2.75) is 6.54 Å². The minimum absolute atomic E-state index is 0.287. The minimum Gasteiger partial charge on any atom is -0.497 e. The van der Waals surface area contributed by atoms with Crippen LogP contribution in [-0.2, 0) is 6.54 Å². The van der Waals surface area contributed by atoms with Crippen LogP contribution in [0, 0.1) is 5.82 Å². The topological polar surface area (TPSA) is 36.3 Å². The predicted octanol–water partition coefficient (Wildman–Crippen LogP) is 4.93. The molecule has 4 aromatic rings. The molecule has 27 heavy (non-hydrogen) atoms. The molecule has 0 atom stereocenters. The summed E-state index contributed by atoms with van der Waals surface area (Å²) in [5, 5.41) is 0. The molecule has 0 fully saturated rings. The van der Waals surface area contributed by atoms with Crippen molar-refractivity contribution >= 4 is 11.0 Å². The van der Waals surface area contributed by atoms with Crippen molar-refractivity contribution in [1.29, 1.82) is 0 Å². The van der Waals surface area contributed by atoms with Crippen LogP contribution >= 0.6 is 0 Å². The van der Waals surface area contributed by atoms with Gasteiger partial charge in [0.25, 0.3) is 0 Å². The maximum Gasteiger partial charge on any atom is 0.144 e. The van der Waals surface area contributed by atoms with E-state index in [9.17, 15) is 4.39 Å². The summed E-state index contributed by atoms with van der Waals surface area (Å²) >= 11 is 0. The van der Waals surface area contributed by atoms with E-state index in [0.717, 1.165) is 22.5 Å². The fourth-order valence-corrected chi connectivity index (χ4v) is 3.08. The summed E-state index contributed by atoms with van der Waals surface area (Å²) in [5.74, 6) is 1.86. The van der Waals surface area contributed by atoms with Crippen LogP contribution in [0.5, 0.6) is 11.5 Å². The van der Waals surface area contributed by atoms with Gasteiger partial charge in [-0.2, -0.15) is 0 Å². The number of fused-ring (bicyclic) bond motifs is 1. The maximum absolute atomic E-state index is 14.3. The molecular formula is C22H19FN2O2. The third kappa shape index (κ3) is 3.49. The highest BCUT2D eigenvalue weighted by Crippen LogP contribution is 2.27. The second-order valence-corrected chi connectivity index (χ2v) is 6.08. The third-order valence-corrected chi connectivity index (χ3v) is 4.41. The molecule has 0 N–H and O–H groups in total. The quantitative estimate of drug-likeness (QED) is 0.488. The van der Waals surface area contributed by atoms with E-state index in [1.165, 1.54) is 6.07 Å². The predicted molar refractivity (Wildman–Crippen MR) is 104 cm³/mol. The first-order valence-electron chi connectivity index (χ1n) is 8.73. The SMILES string of the molecule is COc1ccc(OCCn2c(-c3ccccc3F)nc3ccccc32)cc1. The Labute approximate surface area is 156 Å². The molecule has 136 valence electrons. The zero-order valence-electron chi connectivity index (χ0n) is 14.9. The van der Waals surface area contributed by atoms with Crippen LogP contribution in [0.25, 0.3) is 22.4 Å². The number of methoxy groups -OCH3 is 1. The van der Waals surface area contributed by atoms with Gasteiger partial charge in [-0.15, -0.1) is 0 Å². The van der Waals surface area contributed by atoms with Crippen molar-refractivity contribution < 1.29 is 13.9 Å². The first-order chi connectivity index (χ1) is 13.3. The lowest BCUT2D eigenvalue weighted by atomic mass is 10.2. The average molecular weight is 362 g/mol. The molecule has 5 heteroatoms. The lowest BCUT2D eigenvalue weighted by Gasteiger charge is -2.11. The van der Waals surface area contributed by atoms with Crippen LogP contribution in [0.1, 0.15) is 0 Å². The summed E-state index contributed by atoms with van der Waals surface area (Å²) in [7, 11) is 1.63. The number of nitrogens with zero attached hydrogens (tertiary/aromatic N) is 2. The zero-order chi connectivity index (χ0) is 18.6. The van der Waals surface area contributed by atoms with E-state index >= 15 is 0 Å². The number of aromatic nitrogens is 2. The van der Waals surface area contributed by atoms with Crippen LogP contribution in [0.3, 0.4) is 0 Å². The number of rotatable bonds is 6. The number of hydrogen-bond donors (Lipinski definition) is 0. The van der Waals surface area contributed by atoms with Crippen LogP contribution in [0.4, 0.5) is 4.39 Å². The molecule has 0 saturated carbocycles. The van der Waals surface area contributed by atoms with Crippen molar-refractivity contribution in [3.8, 4) is 22.9 Å². The molecule has 4 nitrogen and oxygen atoms in total. The Morgan fingerprint density at radius 2 is 1.59 bits per heavy atom. The van der Waals surface area contributed by atoms with E-state index in [-0.39, 0.29) is 5.82 Å². The lowest BCUT2D eigenvalue weighted by molar-refractivity contribution is 0.300. The van der Waals surface area contributed by atoms with Gasteiger partial charge >= 0.3 is 0 Å². The standard InChI is InChI=1S/C22H19FN2O2/c1-26-16-10-12-17(13-11-16)27-15-14-25-21-9-5-4-8-20(21)24-22(25)18-6-2-3-7-19(18)23/h2-13H,14-15H2,1H3. The van der Waals surface area contributed by atoms with Gasteiger partial charge in [0.2, 0.25) is 0 Å². The molecule has 3 aromatic carbocycles. The molecule has 0 aliphatic rings. The van der Waals surface area contributed by atoms with Gasteiger partial charge in [0.15, 0.2) is 0 Å². The van der Waals surface area contributed by atoms with Crippen LogP contribution in [0.15, 0.2) is 72.8 Å². The number of ether oxygens (including phenoxy) is 2. The highest BCUT2D eigenvalue weighted by Gasteiger charge is 2.15. The van der Waals surface area contributed by atoms with E-state index in [1.54, 1.807) is 19.2 Å². The van der Waals surface area contributed by atoms with Crippen LogP contribution in [0.2, 0.25) is 0 Å². The number of imidazole rings is 1. The van der Waals surface area contributed by atoms with E-state index in [2.05, 4.69) is 4.98 Å². The third-order valence-electron chi connectivity index (χ3n) is 4.41. The minimum atomic E-state index is -0.287. The fourth-order valence-electron chi connectivity index (χ4n) is 3.08. The zero-order valence-corrected chi connectivity index (χ0v) is 14.9. The monoisotopic (exact) mass is 362 g/mol. The summed E-state index contributed by atoms with van der Waals surface area (Å²) in [6.45, 7) is 0.990. The van der Waals surface area contributed by atoms with E-state index in [1.807, 2.05) is 59.2 Å². The van der Waals surface area contributed by atoms with E-state index < -0.39 is 0 Å². The molecule has 0 aliphatic heterocycles. The van der Waals surface area contributed by atoms with Gasteiger partial charge in [-0.1, -0.05) is 24.3 Å². The first kappa shape index (κ1) is 17.1. The second-order valence-electron chi connectivity index (χ2n) is 6.08. The first-order valence-corrected chi connectivity index (χ1v) is 8.73. The van der Waals surface area contributed by atoms with Crippen molar-refractivity contribution in [3.05, 3.63) is 78.6 Å². The second kappa shape index (κ2) is 7.50. The van der Waals surface area contributed by atoms with Gasteiger partial charge in [0.1, 0.15) is 29.7 Å². The molecule has 4 rings (SSSR count). The van der Waals surface area contributed by atoms with Gasteiger partial charge in [0, 0.05) is 0 Å². The van der Waals surface area contributed by atoms with E-state index in [0.29, 0.717) is 24.5 Å². The Morgan fingerprint density at radius 3 is 2.37 bits per heavy atom. The smallest absolute Gasteiger partial charge is 0.144 e. The molecule has 1 heterocycles. The Morgan fingerprint density at radius 1 is 0.889 bits per heavy atom. The molecule has 0 spiro atoms. The van der Waals surface area contributed by atoms with Crippen LogP contribution in [-0.4, -0.2) is 23.3 Å². The number of para-hydroxylation sites is 2. The molecule has 0 radical (unpaired) electrons. The van der Waals surface area contributed by atoms with E-state index in [4.69, 9.17) is 9.47 Å². The summed E-state index contributed by atoms with van der Waals surface area (Å²) in [5.41, 5.74) is 2.27. The van der Waals surface area contributed by atoms with Gasteiger partial charge in [-0.3, -0.25) is 0 Å². The van der Waals surface area contributed by atoms with Crippen molar-refractivity contribution in [3.63, 3.8) is 0 Å². The summed E-state index contributed by atoms with van der Waals surface area (Å²) in [6, 6.07) is 21.9. The number of halogens is 1. The summed E-state index contributed by atoms with van der Waals surface area (Å²) in [6.07, 6.45) is 0. The van der Waals surface area contributed by atoms with Crippen LogP contribution < -0.4 is 9.47 Å². The fraction of sp³-hybridized carbons (Fsp3) is 0.136. The number of benzene rings is 3. The normalized spacial score (nSPS) is 10.9. The molecule has 0 aliphatic carbocycles. The van der Waals surface area contributed by atoms with Gasteiger partial charge in [-0.25, -0.2) is 9.37 Å². The molecule has 0 bridgehead atoms. The molecular weight excluding hydrogens is 343 g/mol. The summed E-state index contributed by atoms with van der Waals surface area (Å²) < 4.78 is 27.3. The maximum atomic E-state index is 14.3. The van der Waals surface area contributed by atoms with Crippen molar-refractivity contribution in [2.75, 3.05) is 13.7 Å². The Bertz CT molecular complexity index is 1060. The van der Waals surface area contributed by atoms with Gasteiger partial charge in [-0.05, 0) is 48.5 Å². The van der Waals surface area contributed by atoms with Gasteiger partial charge < -0.3 is 14.0 Å². The van der Waals surface area contributed by atoms with Gasteiger partial charge in [0.05, 0.1) is 30.3 Å². The summed E-state index contributed by atoms with van der Waals surface area (Å²) in [4.78, 5) is 4.64. The van der Waals surface area contributed by atoms with Crippen molar-refractivity contribution in [1.82, 2.24) is 9.55 Å². The number of hydrogen-bond acceptors (Lipinski definition) is 3. The lowest BCUT2D eigenvalue weighted by Crippen LogP contribution is -2.10. The molecule has 1 aromatic heterocycles. The molecule has 0 saturated heterocycles. The highest BCUT2D eigenvalue weighted by atomic mass is 19.1. The Hall–Kier alpha value is -3.34. The Kier molecular flexibility index (Phi) is 4.75. The molecule has 0 unspecified atom stereocenters.